The lowest BCUT2D eigenvalue weighted by molar-refractivity contribution is 0.222. The number of fused-ring (bicyclic) bond motifs is 1. The zero-order valence-electron chi connectivity index (χ0n) is 19.4. The van der Waals surface area contributed by atoms with Crippen molar-refractivity contribution in [3.8, 4) is 34.0 Å². The van der Waals surface area contributed by atoms with Crippen LogP contribution in [0.2, 0.25) is 0 Å². The number of aromatic nitrogens is 2. The van der Waals surface area contributed by atoms with E-state index in [1.165, 1.54) is 36.0 Å². The first-order valence-corrected chi connectivity index (χ1v) is 11.9. The van der Waals surface area contributed by atoms with Crippen LogP contribution in [-0.4, -0.2) is 16.2 Å². The summed E-state index contributed by atoms with van der Waals surface area (Å²) in [6.45, 7) is 6.54. The number of hydrogen-bond acceptors (Lipinski definition) is 5. The Morgan fingerprint density at radius 3 is 2.52 bits per heavy atom. The Balaban J connectivity index is 1.24. The van der Waals surface area contributed by atoms with Gasteiger partial charge < -0.3 is 14.3 Å². The van der Waals surface area contributed by atoms with E-state index in [-0.39, 0.29) is 0 Å². The van der Waals surface area contributed by atoms with Gasteiger partial charge in [-0.3, -0.25) is 0 Å². The first-order valence-electron chi connectivity index (χ1n) is 11.9. The van der Waals surface area contributed by atoms with Crippen LogP contribution in [0.1, 0.15) is 54.5 Å². The van der Waals surface area contributed by atoms with Crippen molar-refractivity contribution in [1.82, 2.24) is 15.5 Å². The van der Waals surface area contributed by atoms with Crippen molar-refractivity contribution in [3.63, 3.8) is 0 Å². The number of furan rings is 1. The van der Waals surface area contributed by atoms with Crippen LogP contribution < -0.4 is 5.32 Å². The fourth-order valence-electron chi connectivity index (χ4n) is 5.66. The average Bonchev–Trinajstić information content (AvgIpc) is 3.53. The van der Waals surface area contributed by atoms with Crippen molar-refractivity contribution in [2.75, 3.05) is 0 Å². The van der Waals surface area contributed by atoms with Gasteiger partial charge in [0.25, 0.3) is 5.89 Å². The SMILES string of the molecule is Cc1cc(-c2nc(-c3ccc4c(c3)CCC4N[C@H]3C[C@H](C)C3)no2)cc(C)c1-c1ccoc1. The van der Waals surface area contributed by atoms with E-state index in [4.69, 9.17) is 13.9 Å². The lowest BCUT2D eigenvalue weighted by atomic mass is 9.81. The number of rotatable bonds is 5. The Morgan fingerprint density at radius 1 is 0.970 bits per heavy atom. The molecule has 4 aromatic rings. The van der Waals surface area contributed by atoms with Gasteiger partial charge in [-0.25, -0.2) is 0 Å². The molecular weight excluding hydrogens is 410 g/mol. The minimum atomic E-state index is 0.479. The molecule has 2 aliphatic rings. The first-order chi connectivity index (χ1) is 16.0. The summed E-state index contributed by atoms with van der Waals surface area (Å²) >= 11 is 0. The third-order valence-electron chi connectivity index (χ3n) is 7.31. The van der Waals surface area contributed by atoms with Gasteiger partial charge in [-0.05, 0) is 97.5 Å². The van der Waals surface area contributed by atoms with E-state index in [9.17, 15) is 0 Å². The largest absolute Gasteiger partial charge is 0.472 e. The molecule has 0 aliphatic heterocycles. The highest BCUT2D eigenvalue weighted by Crippen LogP contribution is 2.37. The normalized spacial score (nSPS) is 21.7. The highest BCUT2D eigenvalue weighted by Gasteiger charge is 2.31. The molecule has 0 bridgehead atoms. The molecule has 0 amide bonds. The van der Waals surface area contributed by atoms with Crippen molar-refractivity contribution in [1.29, 1.82) is 0 Å². The molecule has 2 aromatic heterocycles. The topological polar surface area (TPSA) is 64.1 Å². The summed E-state index contributed by atoms with van der Waals surface area (Å²) in [7, 11) is 0. The molecule has 2 aromatic carbocycles. The molecule has 1 atom stereocenters. The van der Waals surface area contributed by atoms with E-state index in [1.807, 2.05) is 6.07 Å². The van der Waals surface area contributed by atoms with Crippen molar-refractivity contribution in [2.24, 2.45) is 5.92 Å². The lowest BCUT2D eigenvalue weighted by Crippen LogP contribution is -2.41. The lowest BCUT2D eigenvalue weighted by Gasteiger charge is -2.36. The van der Waals surface area contributed by atoms with Crippen molar-refractivity contribution in [2.45, 2.75) is 58.5 Å². The summed E-state index contributed by atoms with van der Waals surface area (Å²) < 4.78 is 11.0. The van der Waals surface area contributed by atoms with Gasteiger partial charge in [-0.1, -0.05) is 24.2 Å². The van der Waals surface area contributed by atoms with E-state index in [1.54, 1.807) is 12.5 Å². The zero-order chi connectivity index (χ0) is 22.5. The minimum absolute atomic E-state index is 0.479. The van der Waals surface area contributed by atoms with E-state index in [0.29, 0.717) is 23.8 Å². The van der Waals surface area contributed by atoms with Crippen molar-refractivity contribution >= 4 is 0 Å². The summed E-state index contributed by atoms with van der Waals surface area (Å²) in [4.78, 5) is 4.74. The molecule has 0 radical (unpaired) electrons. The van der Waals surface area contributed by atoms with Gasteiger partial charge in [0, 0.05) is 28.8 Å². The minimum Gasteiger partial charge on any atom is -0.472 e. The van der Waals surface area contributed by atoms with Crippen molar-refractivity contribution in [3.05, 3.63) is 71.2 Å². The van der Waals surface area contributed by atoms with Gasteiger partial charge in [0.05, 0.1) is 12.5 Å². The zero-order valence-corrected chi connectivity index (χ0v) is 19.4. The Kier molecular flexibility index (Phi) is 4.95. The van der Waals surface area contributed by atoms with Crippen LogP contribution in [-0.2, 0) is 6.42 Å². The number of nitrogens with zero attached hydrogens (tertiary/aromatic N) is 2. The van der Waals surface area contributed by atoms with Crippen LogP contribution in [0.3, 0.4) is 0 Å². The van der Waals surface area contributed by atoms with Gasteiger partial charge in [0.15, 0.2) is 0 Å². The van der Waals surface area contributed by atoms with Gasteiger partial charge in [0.1, 0.15) is 0 Å². The van der Waals surface area contributed by atoms with E-state index >= 15 is 0 Å². The number of hydrogen-bond donors (Lipinski definition) is 1. The fraction of sp³-hybridized carbons (Fsp3) is 0.357. The van der Waals surface area contributed by atoms with Crippen molar-refractivity contribution < 1.29 is 8.94 Å². The molecule has 2 aliphatic carbocycles. The summed E-state index contributed by atoms with van der Waals surface area (Å²) in [6.07, 6.45) is 8.36. The molecule has 1 N–H and O–H groups in total. The molecule has 0 spiro atoms. The monoisotopic (exact) mass is 439 g/mol. The molecule has 5 heteroatoms. The maximum absolute atomic E-state index is 5.68. The van der Waals surface area contributed by atoms with Crippen LogP contribution in [0.5, 0.6) is 0 Å². The molecule has 6 rings (SSSR count). The van der Waals surface area contributed by atoms with Gasteiger partial charge in [-0.15, -0.1) is 0 Å². The van der Waals surface area contributed by atoms with Gasteiger partial charge >= 0.3 is 0 Å². The molecule has 0 saturated heterocycles. The van der Waals surface area contributed by atoms with E-state index < -0.39 is 0 Å². The Morgan fingerprint density at radius 2 is 1.79 bits per heavy atom. The predicted molar refractivity (Wildman–Crippen MR) is 129 cm³/mol. The van der Waals surface area contributed by atoms with Gasteiger partial charge in [0.2, 0.25) is 5.82 Å². The van der Waals surface area contributed by atoms with Crippen LogP contribution in [0.25, 0.3) is 34.0 Å². The predicted octanol–water partition coefficient (Wildman–Crippen LogP) is 6.66. The average molecular weight is 440 g/mol. The summed E-state index contributed by atoms with van der Waals surface area (Å²) in [5.74, 6) is 2.06. The molecule has 1 saturated carbocycles. The Labute approximate surface area is 194 Å². The molecule has 1 unspecified atom stereocenters. The quantitative estimate of drug-likeness (QED) is 0.377. The molecule has 2 heterocycles. The highest BCUT2D eigenvalue weighted by atomic mass is 16.5. The van der Waals surface area contributed by atoms with Crippen LogP contribution in [0.15, 0.2) is 57.9 Å². The molecule has 5 nitrogen and oxygen atoms in total. The van der Waals surface area contributed by atoms with Crippen LogP contribution in [0.4, 0.5) is 0 Å². The Hall–Kier alpha value is -3.18. The second-order valence-corrected chi connectivity index (χ2v) is 9.87. The maximum atomic E-state index is 5.68. The third-order valence-corrected chi connectivity index (χ3v) is 7.31. The maximum Gasteiger partial charge on any atom is 0.258 e. The second-order valence-electron chi connectivity index (χ2n) is 9.87. The highest BCUT2D eigenvalue weighted by molar-refractivity contribution is 5.74. The summed E-state index contributed by atoms with van der Waals surface area (Å²) in [6, 6.07) is 14.0. The molecule has 33 heavy (non-hydrogen) atoms. The summed E-state index contributed by atoms with van der Waals surface area (Å²) in [5.41, 5.74) is 9.38. The number of nitrogens with one attached hydrogen (secondary N) is 1. The number of aryl methyl sites for hydroxylation is 3. The third kappa shape index (κ3) is 3.70. The molecule has 1 fully saturated rings. The summed E-state index contributed by atoms with van der Waals surface area (Å²) in [5, 5.41) is 8.16. The standard InChI is InChI=1S/C28H29N3O2/c1-16-10-23(11-16)29-25-7-5-19-14-20(4-6-24(19)25)27-30-28(33-31-27)22-12-17(2)26(18(3)13-22)21-8-9-32-15-21/h4,6,8-9,12-16,23,25,29H,5,7,10-11H2,1-3H3/t16-,23-,25?. The number of benzene rings is 2. The van der Waals surface area contributed by atoms with Crippen LogP contribution >= 0.6 is 0 Å². The molecular formula is C28H29N3O2. The Bertz CT molecular complexity index is 1280. The molecule has 168 valence electrons. The van der Waals surface area contributed by atoms with Crippen LogP contribution in [0, 0.1) is 19.8 Å². The van der Waals surface area contributed by atoms with E-state index in [2.05, 4.69) is 61.6 Å². The smallest absolute Gasteiger partial charge is 0.258 e. The second kappa shape index (κ2) is 7.99. The fourth-order valence-corrected chi connectivity index (χ4v) is 5.66. The first kappa shape index (κ1) is 20.4. The van der Waals surface area contributed by atoms with E-state index in [0.717, 1.165) is 40.2 Å². The van der Waals surface area contributed by atoms with Gasteiger partial charge in [-0.2, -0.15) is 4.98 Å².